The molecular weight excluding hydrogens is 473 g/mol. The molecule has 1 saturated heterocycles. The Hall–Kier alpha value is -3.75. The monoisotopic (exact) mass is 505 g/mol. The Morgan fingerprint density at radius 2 is 1.78 bits per heavy atom. The van der Waals surface area contributed by atoms with E-state index in [1.165, 1.54) is 6.07 Å². The maximum atomic E-state index is 14.6. The van der Waals surface area contributed by atoms with Crippen LogP contribution in [0.1, 0.15) is 59.2 Å². The van der Waals surface area contributed by atoms with Gasteiger partial charge in [0.15, 0.2) is 11.5 Å². The Morgan fingerprint density at radius 3 is 2.46 bits per heavy atom. The first kappa shape index (κ1) is 24.9. The normalized spacial score (nSPS) is 20.5. The van der Waals surface area contributed by atoms with Crippen LogP contribution in [0.3, 0.4) is 0 Å². The molecule has 1 aliphatic rings. The molecule has 0 saturated carbocycles. The lowest BCUT2D eigenvalue weighted by Gasteiger charge is -2.43. The summed E-state index contributed by atoms with van der Waals surface area (Å²) in [7, 11) is 0. The van der Waals surface area contributed by atoms with E-state index in [-0.39, 0.29) is 35.4 Å². The average molecular weight is 506 g/mol. The van der Waals surface area contributed by atoms with Gasteiger partial charge in [0.2, 0.25) is 0 Å². The second kappa shape index (κ2) is 8.97. The molecule has 2 unspecified atom stereocenters. The van der Waals surface area contributed by atoms with Gasteiger partial charge in [-0.2, -0.15) is 0 Å². The van der Waals surface area contributed by atoms with E-state index < -0.39 is 11.4 Å². The molecule has 1 amide bonds. The maximum absolute atomic E-state index is 14.6. The predicted octanol–water partition coefficient (Wildman–Crippen LogP) is 5.51. The van der Waals surface area contributed by atoms with Crippen LogP contribution in [0.25, 0.3) is 27.8 Å². The topological polar surface area (TPSA) is 81.7 Å². The number of aromatic nitrogens is 4. The van der Waals surface area contributed by atoms with E-state index in [2.05, 4.69) is 9.97 Å². The van der Waals surface area contributed by atoms with Crippen LogP contribution in [-0.2, 0) is 4.74 Å². The number of amides is 1. The highest BCUT2D eigenvalue weighted by Gasteiger charge is 2.37. The number of hydrogen-bond acceptors (Lipinski definition) is 5. The molecule has 0 N–H and O–H groups in total. The lowest BCUT2D eigenvalue weighted by Crippen LogP contribution is -2.52. The highest BCUT2D eigenvalue weighted by Crippen LogP contribution is 2.32. The summed E-state index contributed by atoms with van der Waals surface area (Å²) in [4.78, 5) is 36.9. The van der Waals surface area contributed by atoms with Crippen molar-refractivity contribution in [2.75, 3.05) is 0 Å². The van der Waals surface area contributed by atoms with Crippen LogP contribution in [-0.4, -0.2) is 47.6 Å². The maximum Gasteiger partial charge on any atom is 0.410 e. The first-order valence-electron chi connectivity index (χ1n) is 12.6. The number of pyridine rings is 3. The molecule has 9 heteroatoms. The van der Waals surface area contributed by atoms with Gasteiger partial charge in [-0.05, 0) is 78.6 Å². The molecule has 5 rings (SSSR count). The van der Waals surface area contributed by atoms with Crippen molar-refractivity contribution in [1.82, 2.24) is 23.8 Å². The number of piperidine rings is 1. The fraction of sp³-hybridized carbons (Fsp3) is 0.429. The fourth-order valence-corrected chi connectivity index (χ4v) is 5.36. The predicted molar refractivity (Wildman–Crippen MR) is 140 cm³/mol. The number of carbonyl (C=O) groups is 1. The van der Waals surface area contributed by atoms with Gasteiger partial charge in [0, 0.05) is 42.3 Å². The Labute approximate surface area is 214 Å². The number of carbonyl (C=O) groups excluding carboxylic acids is 1. The first-order chi connectivity index (χ1) is 17.4. The van der Waals surface area contributed by atoms with Gasteiger partial charge in [0.25, 0.3) is 5.56 Å². The van der Waals surface area contributed by atoms with Crippen LogP contribution in [0.15, 0.2) is 47.7 Å². The highest BCUT2D eigenvalue weighted by molar-refractivity contribution is 5.80. The summed E-state index contributed by atoms with van der Waals surface area (Å²) < 4.78 is 23.6. The van der Waals surface area contributed by atoms with Gasteiger partial charge < -0.3 is 18.6 Å². The summed E-state index contributed by atoms with van der Waals surface area (Å²) in [5.41, 5.74) is 2.03. The van der Waals surface area contributed by atoms with E-state index in [0.717, 1.165) is 5.69 Å². The third-order valence-electron chi connectivity index (χ3n) is 6.88. The van der Waals surface area contributed by atoms with E-state index in [1.807, 2.05) is 47.6 Å². The number of halogens is 1. The second-order valence-corrected chi connectivity index (χ2v) is 11.1. The molecule has 0 bridgehead atoms. The van der Waals surface area contributed by atoms with Crippen molar-refractivity contribution < 1.29 is 13.9 Å². The van der Waals surface area contributed by atoms with Crippen molar-refractivity contribution in [3.05, 3.63) is 64.7 Å². The van der Waals surface area contributed by atoms with Crippen molar-refractivity contribution >= 4 is 22.6 Å². The number of rotatable bonds is 2. The number of imidazole rings is 1. The molecule has 8 nitrogen and oxygen atoms in total. The quantitative estimate of drug-likeness (QED) is 0.359. The molecule has 194 valence electrons. The van der Waals surface area contributed by atoms with E-state index in [4.69, 9.17) is 4.74 Å². The summed E-state index contributed by atoms with van der Waals surface area (Å²) in [5.74, 6) is -0.427. The molecular formula is C28H32FN5O3. The molecule has 1 fully saturated rings. The zero-order valence-corrected chi connectivity index (χ0v) is 22.0. The lowest BCUT2D eigenvalue weighted by molar-refractivity contribution is -0.00632. The lowest BCUT2D eigenvalue weighted by atomic mass is 9.92. The Balaban J connectivity index is 1.43. The molecule has 3 atom stereocenters. The Morgan fingerprint density at radius 1 is 1.08 bits per heavy atom. The zero-order valence-electron chi connectivity index (χ0n) is 22.0. The van der Waals surface area contributed by atoms with Gasteiger partial charge in [0.1, 0.15) is 5.60 Å². The molecule has 0 aliphatic carbocycles. The molecule has 4 aromatic heterocycles. The summed E-state index contributed by atoms with van der Waals surface area (Å²) in [6.07, 6.45) is 6.28. The number of nitrogens with zero attached hydrogens (tertiary/aromatic N) is 5. The number of likely N-dealkylation sites (tertiary alicyclic amines) is 1. The van der Waals surface area contributed by atoms with Gasteiger partial charge in [-0.3, -0.25) is 4.79 Å². The molecule has 4 aromatic rings. The van der Waals surface area contributed by atoms with Gasteiger partial charge in [-0.1, -0.05) is 0 Å². The van der Waals surface area contributed by atoms with Crippen LogP contribution >= 0.6 is 0 Å². The SMILES string of the molecule is Cc1cn2cc(-c3ccc4c(=O)n(C5CC(C)N(C(=O)OC(C)(C)C)[C@@H](C)C5)ccc4n3)cc(F)c2n1. The van der Waals surface area contributed by atoms with Crippen molar-refractivity contribution in [3.63, 3.8) is 0 Å². The minimum Gasteiger partial charge on any atom is -0.444 e. The minimum absolute atomic E-state index is 0.0544. The summed E-state index contributed by atoms with van der Waals surface area (Å²) in [6.45, 7) is 11.4. The minimum atomic E-state index is -0.566. The Kier molecular flexibility index (Phi) is 6.04. The second-order valence-electron chi connectivity index (χ2n) is 11.1. The standard InChI is InChI=1S/C28H32FN5O3/c1-16-14-32-15-19(13-22(29)25(32)30-16)23-8-7-21-24(31-23)9-10-33(26(21)35)20-11-17(2)34(18(3)12-20)27(36)37-28(4,5)6/h7-10,13-15,17-18,20H,11-12H2,1-6H3/t17-,18?,20?/m0/s1. The first-order valence-corrected chi connectivity index (χ1v) is 12.6. The van der Waals surface area contributed by atoms with E-state index in [1.54, 1.807) is 44.6 Å². The van der Waals surface area contributed by atoms with Crippen LogP contribution in [0, 0.1) is 12.7 Å². The van der Waals surface area contributed by atoms with Crippen LogP contribution in [0.5, 0.6) is 0 Å². The zero-order chi connectivity index (χ0) is 26.6. The molecule has 0 spiro atoms. The van der Waals surface area contributed by atoms with Crippen molar-refractivity contribution in [2.45, 2.75) is 78.1 Å². The molecule has 5 heterocycles. The van der Waals surface area contributed by atoms with Crippen molar-refractivity contribution in [3.8, 4) is 11.3 Å². The van der Waals surface area contributed by atoms with E-state index >= 15 is 0 Å². The molecule has 37 heavy (non-hydrogen) atoms. The van der Waals surface area contributed by atoms with E-state index in [9.17, 15) is 14.0 Å². The van der Waals surface area contributed by atoms with Gasteiger partial charge in [0.05, 0.1) is 22.3 Å². The number of ether oxygens (including phenoxy) is 1. The summed E-state index contributed by atoms with van der Waals surface area (Å²) in [6, 6.07) is 6.52. The van der Waals surface area contributed by atoms with Gasteiger partial charge in [-0.25, -0.2) is 19.2 Å². The largest absolute Gasteiger partial charge is 0.444 e. The highest BCUT2D eigenvalue weighted by atomic mass is 19.1. The number of aryl methyl sites for hydroxylation is 1. The van der Waals surface area contributed by atoms with E-state index in [0.29, 0.717) is 35.0 Å². The molecule has 0 aromatic carbocycles. The summed E-state index contributed by atoms with van der Waals surface area (Å²) in [5, 5.41) is 0.501. The van der Waals surface area contributed by atoms with Gasteiger partial charge >= 0.3 is 6.09 Å². The average Bonchev–Trinajstić information content (AvgIpc) is 3.18. The third-order valence-corrected chi connectivity index (χ3v) is 6.88. The number of hydrogen-bond donors (Lipinski definition) is 0. The Bertz CT molecular complexity index is 1560. The number of fused-ring (bicyclic) bond motifs is 2. The fourth-order valence-electron chi connectivity index (χ4n) is 5.36. The molecule has 1 aliphatic heterocycles. The van der Waals surface area contributed by atoms with Crippen molar-refractivity contribution in [2.24, 2.45) is 0 Å². The van der Waals surface area contributed by atoms with Crippen LogP contribution < -0.4 is 5.56 Å². The van der Waals surface area contributed by atoms with Crippen LogP contribution in [0.4, 0.5) is 9.18 Å². The third kappa shape index (κ3) is 4.70. The van der Waals surface area contributed by atoms with Crippen molar-refractivity contribution in [1.29, 1.82) is 0 Å². The molecule has 0 radical (unpaired) electrons. The summed E-state index contributed by atoms with van der Waals surface area (Å²) >= 11 is 0. The smallest absolute Gasteiger partial charge is 0.410 e. The van der Waals surface area contributed by atoms with Crippen LogP contribution in [0.2, 0.25) is 0 Å². The van der Waals surface area contributed by atoms with Gasteiger partial charge in [-0.15, -0.1) is 0 Å².